The molecule has 2 heteroatoms. The smallest absolute Gasteiger partial charge is 0.120 e. The van der Waals surface area contributed by atoms with Crippen LogP contribution in [0.3, 0.4) is 0 Å². The van der Waals surface area contributed by atoms with Crippen molar-refractivity contribution in [3.8, 4) is 5.75 Å². The minimum absolute atomic E-state index is 0.215. The highest BCUT2D eigenvalue weighted by Gasteiger charge is 1.94. The molecule has 0 amide bonds. The van der Waals surface area contributed by atoms with Crippen LogP contribution in [0.25, 0.3) is 0 Å². The van der Waals surface area contributed by atoms with Gasteiger partial charge in [0, 0.05) is 5.56 Å². The number of hydrogen-bond acceptors (Lipinski definition) is 1. The molecule has 0 aliphatic heterocycles. The topological polar surface area (TPSA) is 20.2 Å². The number of phenolic OH excluding ortho intramolecular Hbond substituents is 1. The fourth-order valence-electron chi connectivity index (χ4n) is 0.580. The lowest BCUT2D eigenvalue weighted by molar-refractivity contribution is 0.472. The Morgan fingerprint density at radius 2 is 2.00 bits per heavy atom. The lowest BCUT2D eigenvalue weighted by Gasteiger charge is -1.95. The monoisotopic (exact) mass is 141 g/mol. The van der Waals surface area contributed by atoms with Crippen molar-refractivity contribution >= 4 is 11.6 Å². The summed E-state index contributed by atoms with van der Waals surface area (Å²) in [5.74, 6) is 1.56. The molecule has 1 nitrogen and oxygen atoms in total. The summed E-state index contributed by atoms with van der Waals surface area (Å²) in [7, 11) is 0. The van der Waals surface area contributed by atoms with Gasteiger partial charge in [0.25, 0.3) is 0 Å². The second-order valence-corrected chi connectivity index (χ2v) is 1.89. The van der Waals surface area contributed by atoms with Crippen LogP contribution in [0.2, 0.25) is 0 Å². The SMILES string of the molecule is Oc1ccccc1[CH]Cl. The molecule has 0 heterocycles. The van der Waals surface area contributed by atoms with Crippen molar-refractivity contribution in [2.75, 3.05) is 0 Å². The van der Waals surface area contributed by atoms with Crippen molar-refractivity contribution in [3.05, 3.63) is 35.7 Å². The lowest BCUT2D eigenvalue weighted by Crippen LogP contribution is -1.73. The van der Waals surface area contributed by atoms with Crippen molar-refractivity contribution in [2.45, 2.75) is 0 Å². The average Bonchev–Trinajstić information content (AvgIpc) is 1.89. The fourth-order valence-corrected chi connectivity index (χ4v) is 0.764. The molecule has 47 valence electrons. The Morgan fingerprint density at radius 1 is 1.33 bits per heavy atom. The Labute approximate surface area is 58.9 Å². The average molecular weight is 142 g/mol. The molecular formula is C7H6ClO. The van der Waals surface area contributed by atoms with Crippen LogP contribution in [0.4, 0.5) is 0 Å². The van der Waals surface area contributed by atoms with Gasteiger partial charge in [-0.25, -0.2) is 0 Å². The van der Waals surface area contributed by atoms with Gasteiger partial charge in [0.2, 0.25) is 0 Å². The maximum atomic E-state index is 8.99. The van der Waals surface area contributed by atoms with E-state index >= 15 is 0 Å². The molecule has 0 aliphatic rings. The normalized spacial score (nSPS) is 9.44. The molecular weight excluding hydrogens is 136 g/mol. The predicted octanol–water partition coefficient (Wildman–Crippen LogP) is 2.14. The molecule has 0 saturated heterocycles. The first-order chi connectivity index (χ1) is 4.34. The summed E-state index contributed by atoms with van der Waals surface area (Å²) in [6.45, 7) is 0. The van der Waals surface area contributed by atoms with Gasteiger partial charge in [-0.1, -0.05) is 18.2 Å². The highest BCUT2D eigenvalue weighted by Crippen LogP contribution is 2.18. The molecule has 0 atom stereocenters. The summed E-state index contributed by atoms with van der Waals surface area (Å²) in [6, 6.07) is 6.89. The van der Waals surface area contributed by atoms with E-state index in [0.29, 0.717) is 5.56 Å². The van der Waals surface area contributed by atoms with Crippen LogP contribution in [0.5, 0.6) is 5.75 Å². The molecule has 0 aliphatic carbocycles. The standard InChI is InChI=1S/C7H6ClO/c8-5-6-3-1-2-4-7(6)9/h1-5,9H. The van der Waals surface area contributed by atoms with Gasteiger partial charge in [-0.05, 0) is 6.07 Å². The molecule has 0 saturated carbocycles. The van der Waals surface area contributed by atoms with Gasteiger partial charge in [-0.3, -0.25) is 0 Å². The second-order valence-electron chi connectivity index (χ2n) is 1.67. The van der Waals surface area contributed by atoms with Crippen LogP contribution in [0.1, 0.15) is 5.56 Å². The van der Waals surface area contributed by atoms with Gasteiger partial charge in [0.15, 0.2) is 0 Å². The first-order valence-electron chi connectivity index (χ1n) is 2.56. The van der Waals surface area contributed by atoms with Gasteiger partial charge < -0.3 is 5.11 Å². The van der Waals surface area contributed by atoms with Crippen LogP contribution in [0, 0.1) is 5.88 Å². The molecule has 9 heavy (non-hydrogen) atoms. The van der Waals surface area contributed by atoms with E-state index in [4.69, 9.17) is 16.7 Å². The molecule has 1 aromatic carbocycles. The minimum atomic E-state index is 0.215. The van der Waals surface area contributed by atoms with Crippen LogP contribution in [0.15, 0.2) is 24.3 Å². The van der Waals surface area contributed by atoms with Gasteiger partial charge in [0.1, 0.15) is 5.75 Å². The Morgan fingerprint density at radius 3 is 2.44 bits per heavy atom. The summed E-state index contributed by atoms with van der Waals surface area (Å²) in [4.78, 5) is 0. The van der Waals surface area contributed by atoms with E-state index in [1.54, 1.807) is 18.2 Å². The molecule has 0 fully saturated rings. The molecule has 1 aromatic rings. The Balaban J connectivity index is 3.01. The van der Waals surface area contributed by atoms with Crippen LogP contribution < -0.4 is 0 Å². The van der Waals surface area contributed by atoms with E-state index in [-0.39, 0.29) is 5.75 Å². The number of para-hydroxylation sites is 1. The van der Waals surface area contributed by atoms with Gasteiger partial charge in [-0.15, -0.1) is 11.6 Å². The van der Waals surface area contributed by atoms with Crippen LogP contribution in [-0.4, -0.2) is 5.11 Å². The summed E-state index contributed by atoms with van der Waals surface area (Å²) in [5, 5.41) is 8.99. The largest absolute Gasteiger partial charge is 0.508 e. The van der Waals surface area contributed by atoms with E-state index in [0.717, 1.165) is 0 Å². The predicted molar refractivity (Wildman–Crippen MR) is 37.4 cm³/mol. The van der Waals surface area contributed by atoms with E-state index in [1.165, 1.54) is 5.88 Å². The number of benzene rings is 1. The highest BCUT2D eigenvalue weighted by molar-refractivity contribution is 6.25. The third-order valence-electron chi connectivity index (χ3n) is 1.05. The summed E-state index contributed by atoms with van der Waals surface area (Å²) < 4.78 is 0. The van der Waals surface area contributed by atoms with Crippen molar-refractivity contribution < 1.29 is 5.11 Å². The van der Waals surface area contributed by atoms with E-state index in [2.05, 4.69) is 0 Å². The Bertz CT molecular complexity index is 198. The zero-order chi connectivity index (χ0) is 6.69. The molecule has 0 spiro atoms. The van der Waals surface area contributed by atoms with Crippen molar-refractivity contribution in [1.29, 1.82) is 0 Å². The third-order valence-corrected chi connectivity index (χ3v) is 1.29. The highest BCUT2D eigenvalue weighted by atomic mass is 35.5. The molecule has 1 rings (SSSR count). The number of phenols is 1. The fraction of sp³-hybridized carbons (Fsp3) is 0. The Hall–Kier alpha value is -0.690. The summed E-state index contributed by atoms with van der Waals surface area (Å²) in [6.07, 6.45) is 0. The number of aromatic hydroxyl groups is 1. The molecule has 1 radical (unpaired) electrons. The zero-order valence-corrected chi connectivity index (χ0v) is 5.47. The van der Waals surface area contributed by atoms with Crippen molar-refractivity contribution in [2.24, 2.45) is 0 Å². The van der Waals surface area contributed by atoms with E-state index in [1.807, 2.05) is 6.07 Å². The van der Waals surface area contributed by atoms with E-state index in [9.17, 15) is 0 Å². The van der Waals surface area contributed by atoms with Gasteiger partial charge in [-0.2, -0.15) is 0 Å². The minimum Gasteiger partial charge on any atom is -0.508 e. The van der Waals surface area contributed by atoms with Crippen LogP contribution >= 0.6 is 11.6 Å². The van der Waals surface area contributed by atoms with Crippen molar-refractivity contribution in [1.82, 2.24) is 0 Å². The Kier molecular flexibility index (Phi) is 1.96. The lowest BCUT2D eigenvalue weighted by atomic mass is 10.2. The number of rotatable bonds is 1. The van der Waals surface area contributed by atoms with Gasteiger partial charge >= 0.3 is 0 Å². The van der Waals surface area contributed by atoms with Crippen LogP contribution in [-0.2, 0) is 0 Å². The first kappa shape index (κ1) is 6.43. The number of halogens is 1. The maximum absolute atomic E-state index is 8.99. The van der Waals surface area contributed by atoms with E-state index < -0.39 is 0 Å². The summed E-state index contributed by atoms with van der Waals surface area (Å²) in [5.41, 5.74) is 0.652. The quantitative estimate of drug-likeness (QED) is 0.636. The molecule has 1 N–H and O–H groups in total. The third kappa shape index (κ3) is 1.36. The first-order valence-corrected chi connectivity index (χ1v) is 2.99. The van der Waals surface area contributed by atoms with Gasteiger partial charge in [0.05, 0.1) is 5.88 Å². The maximum Gasteiger partial charge on any atom is 0.120 e. The van der Waals surface area contributed by atoms with Crippen molar-refractivity contribution in [3.63, 3.8) is 0 Å². The molecule has 0 bridgehead atoms. The zero-order valence-electron chi connectivity index (χ0n) is 4.71. The number of hydrogen-bond donors (Lipinski definition) is 1. The summed E-state index contributed by atoms with van der Waals surface area (Å²) >= 11 is 5.35. The molecule has 0 aromatic heterocycles. The molecule has 0 unspecified atom stereocenters. The second kappa shape index (κ2) is 2.74.